The van der Waals surface area contributed by atoms with Crippen LogP contribution in [0.25, 0.3) is 0 Å². The summed E-state index contributed by atoms with van der Waals surface area (Å²) in [5.41, 5.74) is 10.1. The molecule has 9 N–H and O–H groups in total. The van der Waals surface area contributed by atoms with Crippen LogP contribution in [0.1, 0.15) is 281 Å². The number of aliphatic hydroxyl groups is 4. The number of nitrogens with two attached hydrogens (primary N) is 1. The number of carbonyl (C=O) groups excluding carboxylic acids is 4. The van der Waals surface area contributed by atoms with E-state index in [0.717, 1.165) is 156 Å². The number of benzene rings is 6. The summed E-state index contributed by atoms with van der Waals surface area (Å²) in [5.74, 6) is 11.1. The Labute approximate surface area is 965 Å². The van der Waals surface area contributed by atoms with Gasteiger partial charge in [-0.3, -0.25) is 14.4 Å². The van der Waals surface area contributed by atoms with Gasteiger partial charge in [-0.15, -0.1) is 6.42 Å². The smallest absolute Gasteiger partial charge is 1.00 e. The monoisotopic (exact) mass is 2320 g/mol. The van der Waals surface area contributed by atoms with Crippen molar-refractivity contribution < 1.29 is 190 Å². The number of nitrogens with zero attached hydrogens (tertiary/aromatic N) is 2. The zero-order valence-electron chi connectivity index (χ0n) is 88.1. The predicted molar refractivity (Wildman–Crippen MR) is 565 cm³/mol. The van der Waals surface area contributed by atoms with Gasteiger partial charge in [0.1, 0.15) is 30.3 Å². The second-order valence-corrected chi connectivity index (χ2v) is 42.5. The fourth-order valence-electron chi connectivity index (χ4n) is 12.8. The molecule has 1 fully saturated rings. The van der Waals surface area contributed by atoms with Crippen molar-refractivity contribution in [2.45, 2.75) is 313 Å². The molecule has 1 saturated heterocycles. The number of alkyl halides is 7. The van der Waals surface area contributed by atoms with Gasteiger partial charge in [0.2, 0.25) is 0 Å². The largest absolute Gasteiger partial charge is 1.00 e. The zero-order valence-corrected chi connectivity index (χ0v) is 101. The molecular weight excluding hydrogens is 2180 g/mol. The Kier molecular flexibility index (Phi) is 81.5. The first-order chi connectivity index (χ1) is 64.0. The van der Waals surface area contributed by atoms with E-state index in [1.807, 2.05) is 210 Å². The van der Waals surface area contributed by atoms with Crippen molar-refractivity contribution in [3.05, 3.63) is 208 Å². The zero-order chi connectivity index (χ0) is 107. The Morgan fingerprint density at radius 3 is 1.05 bits per heavy atom. The summed E-state index contributed by atoms with van der Waals surface area (Å²) in [6, 6.07) is 52.2. The average molecular weight is 2330 g/mol. The van der Waals surface area contributed by atoms with Crippen LogP contribution in [0.5, 0.6) is 0 Å². The first-order valence-electron chi connectivity index (χ1n) is 46.2. The van der Waals surface area contributed by atoms with Crippen LogP contribution < -0.4 is 130 Å². The molecule has 0 aliphatic carbocycles. The number of alkyl carbamates (subject to hydrolysis) is 1. The maximum Gasteiger partial charge on any atom is 1.00 e. The molecule has 0 saturated carbocycles. The van der Waals surface area contributed by atoms with Gasteiger partial charge in [0.15, 0.2) is 0 Å². The van der Waals surface area contributed by atoms with E-state index in [2.05, 4.69) is 210 Å². The van der Waals surface area contributed by atoms with Gasteiger partial charge in [0.25, 0.3) is 6.47 Å². The van der Waals surface area contributed by atoms with Gasteiger partial charge in [-0.25, -0.2) is 4.79 Å². The quantitative estimate of drug-likeness (QED) is 0.00382. The topological polar surface area (TPSA) is 310 Å². The minimum Gasteiger partial charge on any atom is -1.00 e. The molecule has 140 heavy (non-hydrogen) atoms. The van der Waals surface area contributed by atoms with Crippen molar-refractivity contribution in [3.63, 3.8) is 0 Å². The summed E-state index contributed by atoms with van der Waals surface area (Å²) in [7, 11) is 6.31. The van der Waals surface area contributed by atoms with Crippen LogP contribution in [0.2, 0.25) is 0 Å². The Morgan fingerprint density at radius 2 is 0.814 bits per heavy atom. The Bertz CT molecular complexity index is 4700. The predicted octanol–water partition coefficient (Wildman–Crippen LogP) is 19.2. The fourth-order valence-corrected chi connectivity index (χ4v) is 14.9. The van der Waals surface area contributed by atoms with E-state index in [4.69, 9.17) is 55.2 Å². The second-order valence-electron chi connectivity index (χ2n) is 38.3. The Balaban J connectivity index is -0.000000293. The summed E-state index contributed by atoms with van der Waals surface area (Å²) >= 11 is 17.0. The van der Waals surface area contributed by atoms with Crippen molar-refractivity contribution in [3.8, 4) is 48.2 Å². The van der Waals surface area contributed by atoms with Crippen LogP contribution in [-0.2, 0) is 66.2 Å². The van der Waals surface area contributed by atoms with Crippen LogP contribution in [-0.4, -0.2) is 133 Å². The number of hydrogen-bond donors (Lipinski definition) is 8. The Morgan fingerprint density at radius 1 is 0.529 bits per heavy atom. The molecule has 6 aromatic carbocycles. The number of ether oxygens (including phenoxy) is 2. The van der Waals surface area contributed by atoms with Gasteiger partial charge < -0.3 is 63.2 Å². The maximum absolute atomic E-state index is 12.3. The normalized spacial score (nSPS) is 12.1. The molecule has 6 aromatic rings. The first-order valence-corrected chi connectivity index (χ1v) is 50.5. The molecule has 0 bridgehead atoms. The van der Waals surface area contributed by atoms with Crippen LogP contribution in [0, 0.1) is 91.7 Å². The van der Waals surface area contributed by atoms with Gasteiger partial charge in [-0.05, 0) is 266 Å². The van der Waals surface area contributed by atoms with Gasteiger partial charge in [0, 0.05) is 79.6 Å². The van der Waals surface area contributed by atoms with Gasteiger partial charge in [-0.2, -0.15) is 36.9 Å². The molecule has 2 radical (unpaired) electrons. The van der Waals surface area contributed by atoms with Crippen molar-refractivity contribution in [2.24, 2.45) is 38.7 Å². The first kappa shape index (κ1) is 146. The number of hydrogen-bond acceptors (Lipinski definition) is 15. The summed E-state index contributed by atoms with van der Waals surface area (Å²) in [6.07, 6.45) is 10.5. The number of rotatable bonds is 31. The fraction of sp³-hybridized carbons (Fsp3) is 0.556. The number of carbonyl (C=O) groups is 4. The molecular formula is C108H154BBr5F6K2N6O12. The third kappa shape index (κ3) is 78.9. The van der Waals surface area contributed by atoms with Crippen molar-refractivity contribution in [2.75, 3.05) is 39.9 Å². The molecule has 1 unspecified atom stereocenters. The molecule has 1 aliphatic heterocycles. The molecule has 7 rings (SSSR count). The maximum atomic E-state index is 12.3. The molecule has 3 amide bonds. The minimum absolute atomic E-state index is 0. The molecule has 0 aromatic heterocycles. The van der Waals surface area contributed by atoms with Crippen molar-refractivity contribution >= 4 is 112 Å². The number of amides is 3. The Hall–Kier alpha value is -4.30. The molecule has 32 heteroatoms. The third-order valence-electron chi connectivity index (χ3n) is 19.3. The summed E-state index contributed by atoms with van der Waals surface area (Å²) < 4.78 is 87.7. The molecule has 770 valence electrons. The van der Waals surface area contributed by atoms with Gasteiger partial charge in [0.05, 0.1) is 17.6 Å². The molecule has 1 heterocycles. The summed E-state index contributed by atoms with van der Waals surface area (Å²) in [4.78, 5) is 44.7. The van der Waals surface area contributed by atoms with Crippen LogP contribution in [0.3, 0.4) is 0 Å². The second kappa shape index (κ2) is 78.0. The van der Waals surface area contributed by atoms with Gasteiger partial charge >= 0.3 is 133 Å². The number of nitrogens with one attached hydrogen (secondary N) is 3. The number of terminal acetylenes is 1. The summed E-state index contributed by atoms with van der Waals surface area (Å²) in [6.45, 7) is 43.0. The average Bonchev–Trinajstić information content (AvgIpc) is 1.31. The van der Waals surface area contributed by atoms with E-state index in [0.29, 0.717) is 38.8 Å². The number of halogens is 11. The van der Waals surface area contributed by atoms with Crippen molar-refractivity contribution in [1.29, 1.82) is 10.5 Å². The van der Waals surface area contributed by atoms with E-state index in [9.17, 15) is 56.0 Å². The number of nitriles is 2. The van der Waals surface area contributed by atoms with E-state index in [1.54, 1.807) is 13.8 Å². The van der Waals surface area contributed by atoms with E-state index >= 15 is 0 Å². The van der Waals surface area contributed by atoms with E-state index in [1.165, 1.54) is 22.3 Å². The van der Waals surface area contributed by atoms with Crippen LogP contribution in [0.4, 0.5) is 31.1 Å². The number of aliphatic hydroxyl groups excluding tert-OH is 1. The summed E-state index contributed by atoms with van der Waals surface area (Å²) in [5, 5.41) is 70.6. The van der Waals surface area contributed by atoms with E-state index in [-0.39, 0.29) is 158 Å². The minimum atomic E-state index is -4.88. The SMILES string of the molecule is BrCc1cccc(Br)c1.C#CC(O)(CCC)CCC.CC(C)(C#N)Cc1cccc(Br)c1.CC(C)(CNC(=O)C(F)(F)F)Cc1cccc(Br)c1.CC(C)(CNC(=O)OC(C)(C)C)Cc1cccc(Br)c1.CC(C)C#N.CCCC(O)(C#Cc1cccc(CC(C)(C)CN)c1)CCC.CCCC(O)(C#Cc1cccc(CC(C)(C)CNC(=O)C(F)(F)F)c1)CCC.CO.O=CO[O-].[B]C1CCCO1.[H-].[K+].[K+]. The van der Waals surface area contributed by atoms with Crippen molar-refractivity contribution in [1.82, 2.24) is 16.0 Å². The van der Waals surface area contributed by atoms with Crippen LogP contribution in [0.15, 0.2) is 163 Å². The molecule has 1 atom stereocenters. The van der Waals surface area contributed by atoms with Crippen LogP contribution >= 0.6 is 79.6 Å². The van der Waals surface area contributed by atoms with E-state index < -0.39 is 57.4 Å². The molecule has 1 aliphatic rings. The third-order valence-corrected chi connectivity index (χ3v) is 21.9. The molecule has 0 spiro atoms. The van der Waals surface area contributed by atoms with Gasteiger partial charge in [-0.1, -0.05) is 318 Å². The molecule has 18 nitrogen and oxygen atoms in total. The standard InChI is InChI=1S/C22H30F3NO2.C20H31NO.C16H24BrNO2.C13H15BrF3NO.C11H12BrN.C9H16O.C7H6Br2.C4H7BO.C4H7N.CH2O3.CH4O.2K.H/c1-5-11-21(28,12-6-2)13-10-17-8-7-9-18(14-17)15-20(3,4)16-26-19(27)22(23,24)25;1-5-11-20(22,12-6-2)13-10-17-8-7-9-18(14-17)15-19(3,4)16-21;1-15(2,3)20-14(19)18-11-16(4,5)10-12-7-6-8-13(17)9-12;1-12(2,8-18-11(19)13(15,16)17)7-9-4-3-5-10(14)6-9;1-11(2,8-13)7-9-4-3-5-10(12)6-9;1-4-7-9(10,6-3)8-5-2;8-5-6-2-1-3-7(9)4-6;5-4-2-1-3-6-4;1-4(2)3-5;2-1-4-3;1-2;;;/h7-9,14,28H,5-6,11-12,15-16H2,1-4H3,(H,26,27);7-9,14,22H,5-6,11-12,15-16,21H2,1-4H3;6-9H,10-11H2,1-5H3,(H,18,19);3-6H,7-8H2,1-2H3,(H,18,19);3-6H,7H2,1-2H3;3,10H,4-5,7-8H2,1-2H3;1-4H,5H2;4H,1-3H2;4H,1-2H3;1,3H;2H,1H3;;;/q;;;;;;;;;;;2*+1;-1/p-1.